The highest BCUT2D eigenvalue weighted by Gasteiger charge is 1.94. The number of rotatable bonds is 2. The van der Waals surface area contributed by atoms with Crippen molar-refractivity contribution in [3.8, 4) is 0 Å². The van der Waals surface area contributed by atoms with Crippen molar-refractivity contribution in [2.75, 3.05) is 0 Å². The maximum atomic E-state index is 10.6. The minimum absolute atomic E-state index is 0.560. The zero-order valence-corrected chi connectivity index (χ0v) is 7.45. The lowest BCUT2D eigenvalue weighted by molar-refractivity contribution is -0.124. The maximum Gasteiger partial charge on any atom is 0.267 e. The molecule has 0 atom stereocenters. The first kappa shape index (κ1) is 9.77. The van der Waals surface area contributed by atoms with Crippen LogP contribution in [-0.2, 0) is 4.79 Å². The van der Waals surface area contributed by atoms with Gasteiger partial charge in [-0.3, -0.25) is 10.0 Å². The number of benzene rings is 1. The summed E-state index contributed by atoms with van der Waals surface area (Å²) in [6.07, 6.45) is 2.72. The van der Waals surface area contributed by atoms with Crippen molar-refractivity contribution in [2.45, 2.75) is 0 Å². The van der Waals surface area contributed by atoms with Gasteiger partial charge < -0.3 is 0 Å². The van der Waals surface area contributed by atoms with Crippen LogP contribution in [0.2, 0.25) is 5.02 Å². The van der Waals surface area contributed by atoms with E-state index < -0.39 is 5.91 Å². The average molecular weight is 198 g/mol. The molecular formula is C9H8ClNO2. The Bertz CT molecular complexity index is 336. The van der Waals surface area contributed by atoms with Crippen molar-refractivity contribution < 1.29 is 10.0 Å². The predicted octanol–water partition coefficient (Wildman–Crippen LogP) is 1.86. The van der Waals surface area contributed by atoms with Gasteiger partial charge >= 0.3 is 0 Å². The summed E-state index contributed by atoms with van der Waals surface area (Å²) in [7, 11) is 0. The van der Waals surface area contributed by atoms with Crippen LogP contribution in [0.3, 0.4) is 0 Å². The van der Waals surface area contributed by atoms with E-state index in [9.17, 15) is 4.79 Å². The number of amides is 1. The van der Waals surface area contributed by atoms with Crippen LogP contribution in [0.4, 0.5) is 0 Å². The molecule has 0 aromatic heterocycles. The number of carbonyl (C=O) groups excluding carboxylic acids is 1. The van der Waals surface area contributed by atoms with Crippen LogP contribution in [0.25, 0.3) is 6.08 Å². The normalized spacial score (nSPS) is 10.3. The number of nitrogens with one attached hydrogen (secondary N) is 1. The summed E-state index contributed by atoms with van der Waals surface area (Å²) in [6.45, 7) is 0. The third kappa shape index (κ3) is 2.89. The molecule has 0 aliphatic rings. The van der Waals surface area contributed by atoms with E-state index in [0.29, 0.717) is 5.02 Å². The number of carbonyl (C=O) groups is 1. The summed E-state index contributed by atoms with van der Waals surface area (Å²) >= 11 is 5.81. The molecule has 1 aromatic carbocycles. The predicted molar refractivity (Wildman–Crippen MR) is 50.4 cm³/mol. The van der Waals surface area contributed by atoms with E-state index in [2.05, 4.69) is 0 Å². The van der Waals surface area contributed by atoms with E-state index in [0.717, 1.165) is 5.56 Å². The van der Waals surface area contributed by atoms with Crippen LogP contribution >= 0.6 is 11.6 Å². The fourth-order valence-corrected chi connectivity index (χ4v) is 1.01. The molecule has 1 amide bonds. The van der Waals surface area contributed by atoms with Crippen molar-refractivity contribution in [1.82, 2.24) is 5.48 Å². The van der Waals surface area contributed by atoms with Crippen LogP contribution in [0.1, 0.15) is 5.56 Å². The summed E-state index contributed by atoms with van der Waals surface area (Å²) < 4.78 is 0. The highest BCUT2D eigenvalue weighted by molar-refractivity contribution is 6.32. The molecule has 13 heavy (non-hydrogen) atoms. The second-order valence-electron chi connectivity index (χ2n) is 2.33. The van der Waals surface area contributed by atoms with Gasteiger partial charge in [0.05, 0.1) is 0 Å². The van der Waals surface area contributed by atoms with Crippen LogP contribution in [0.5, 0.6) is 0 Å². The van der Waals surface area contributed by atoms with Gasteiger partial charge in [-0.1, -0.05) is 29.8 Å². The monoisotopic (exact) mass is 197 g/mol. The number of hydroxylamine groups is 1. The largest absolute Gasteiger partial charge is 0.288 e. The zero-order chi connectivity index (χ0) is 9.68. The molecule has 0 unspecified atom stereocenters. The quantitative estimate of drug-likeness (QED) is 0.432. The van der Waals surface area contributed by atoms with Gasteiger partial charge in [0.2, 0.25) is 0 Å². The van der Waals surface area contributed by atoms with Crippen LogP contribution in [0.15, 0.2) is 30.3 Å². The van der Waals surface area contributed by atoms with Crippen LogP contribution in [0, 0.1) is 0 Å². The Balaban J connectivity index is 2.80. The molecule has 0 heterocycles. The minimum atomic E-state index is -0.583. The molecule has 1 rings (SSSR count). The molecule has 2 N–H and O–H groups in total. The molecule has 0 saturated heterocycles. The van der Waals surface area contributed by atoms with E-state index >= 15 is 0 Å². The van der Waals surface area contributed by atoms with Gasteiger partial charge in [0.15, 0.2) is 0 Å². The molecule has 0 aliphatic carbocycles. The Morgan fingerprint density at radius 3 is 2.77 bits per heavy atom. The summed E-state index contributed by atoms with van der Waals surface area (Å²) in [5.74, 6) is -0.583. The van der Waals surface area contributed by atoms with Gasteiger partial charge in [-0.25, -0.2) is 5.48 Å². The fraction of sp³-hybridized carbons (Fsp3) is 0. The molecule has 0 aliphatic heterocycles. The third-order valence-corrected chi connectivity index (χ3v) is 1.77. The second-order valence-corrected chi connectivity index (χ2v) is 2.74. The van der Waals surface area contributed by atoms with Gasteiger partial charge in [0.25, 0.3) is 5.91 Å². The van der Waals surface area contributed by atoms with E-state index in [-0.39, 0.29) is 0 Å². The standard InChI is InChI=1S/C9H8ClNO2/c10-8-4-2-1-3-7(8)5-6-9(12)11-13/h1-6,13H,(H,11,12)/b6-5+. The van der Waals surface area contributed by atoms with Gasteiger partial charge in [0, 0.05) is 11.1 Å². The average Bonchev–Trinajstić information content (AvgIpc) is 2.16. The topological polar surface area (TPSA) is 49.3 Å². The highest BCUT2D eigenvalue weighted by Crippen LogP contribution is 2.15. The van der Waals surface area contributed by atoms with Crippen molar-refractivity contribution >= 4 is 23.6 Å². The molecule has 4 heteroatoms. The lowest BCUT2D eigenvalue weighted by Crippen LogP contribution is -2.14. The van der Waals surface area contributed by atoms with E-state index in [1.165, 1.54) is 17.6 Å². The van der Waals surface area contributed by atoms with E-state index in [4.69, 9.17) is 16.8 Å². The van der Waals surface area contributed by atoms with E-state index in [1.807, 2.05) is 6.07 Å². The maximum absolute atomic E-state index is 10.6. The van der Waals surface area contributed by atoms with Gasteiger partial charge in [0.1, 0.15) is 0 Å². The number of halogens is 1. The fourth-order valence-electron chi connectivity index (χ4n) is 0.813. The Kier molecular flexibility index (Phi) is 3.49. The molecule has 3 nitrogen and oxygen atoms in total. The van der Waals surface area contributed by atoms with E-state index in [1.54, 1.807) is 18.2 Å². The molecule has 0 bridgehead atoms. The minimum Gasteiger partial charge on any atom is -0.288 e. The summed E-state index contributed by atoms with van der Waals surface area (Å²) in [5.41, 5.74) is 2.22. The first-order valence-corrected chi connectivity index (χ1v) is 3.98. The Morgan fingerprint density at radius 2 is 2.15 bits per heavy atom. The molecule has 0 saturated carbocycles. The Morgan fingerprint density at radius 1 is 1.46 bits per heavy atom. The summed E-state index contributed by atoms with van der Waals surface area (Å²) in [6, 6.07) is 7.09. The third-order valence-electron chi connectivity index (χ3n) is 1.43. The van der Waals surface area contributed by atoms with Crippen molar-refractivity contribution in [3.05, 3.63) is 40.9 Å². The van der Waals surface area contributed by atoms with Crippen molar-refractivity contribution in [3.63, 3.8) is 0 Å². The van der Waals surface area contributed by atoms with Crippen molar-refractivity contribution in [1.29, 1.82) is 0 Å². The Labute approximate surface area is 80.6 Å². The molecule has 0 radical (unpaired) electrons. The zero-order valence-electron chi connectivity index (χ0n) is 6.70. The van der Waals surface area contributed by atoms with Crippen LogP contribution < -0.4 is 5.48 Å². The summed E-state index contributed by atoms with van der Waals surface area (Å²) in [5, 5.41) is 8.76. The molecule has 0 fully saturated rings. The SMILES string of the molecule is O=C(/C=C/c1ccccc1Cl)NO. The highest BCUT2D eigenvalue weighted by atomic mass is 35.5. The number of hydrogen-bond acceptors (Lipinski definition) is 2. The molecule has 0 spiro atoms. The first-order valence-electron chi connectivity index (χ1n) is 3.60. The Hall–Kier alpha value is -1.32. The molecular weight excluding hydrogens is 190 g/mol. The van der Waals surface area contributed by atoms with Crippen LogP contribution in [-0.4, -0.2) is 11.1 Å². The molecule has 1 aromatic rings. The number of hydrogen-bond donors (Lipinski definition) is 2. The lowest BCUT2D eigenvalue weighted by Gasteiger charge is -1.95. The second kappa shape index (κ2) is 4.64. The summed E-state index contributed by atoms with van der Waals surface area (Å²) in [4.78, 5) is 10.6. The van der Waals surface area contributed by atoms with Crippen molar-refractivity contribution in [2.24, 2.45) is 0 Å². The van der Waals surface area contributed by atoms with Gasteiger partial charge in [-0.2, -0.15) is 0 Å². The molecule has 68 valence electrons. The first-order chi connectivity index (χ1) is 6.24. The lowest BCUT2D eigenvalue weighted by atomic mass is 10.2. The van der Waals surface area contributed by atoms with Gasteiger partial charge in [-0.15, -0.1) is 0 Å². The smallest absolute Gasteiger partial charge is 0.267 e. The van der Waals surface area contributed by atoms with Gasteiger partial charge in [-0.05, 0) is 17.7 Å².